The highest BCUT2D eigenvalue weighted by Gasteiger charge is 2.29. The highest BCUT2D eigenvalue weighted by atomic mass is 19.1. The van der Waals surface area contributed by atoms with Crippen molar-refractivity contribution < 1.29 is 8.78 Å². The molecule has 2 N–H and O–H groups in total. The highest BCUT2D eigenvalue weighted by molar-refractivity contribution is 5.20. The molecule has 17 heavy (non-hydrogen) atoms. The summed E-state index contributed by atoms with van der Waals surface area (Å²) in [5.41, 5.74) is 6.12. The lowest BCUT2D eigenvalue weighted by atomic mass is 9.89. The first-order chi connectivity index (χ1) is 7.75. The lowest BCUT2D eigenvalue weighted by Crippen LogP contribution is -2.54. The molecule has 0 aliphatic carbocycles. The van der Waals surface area contributed by atoms with E-state index in [9.17, 15) is 8.78 Å². The fourth-order valence-corrected chi connectivity index (χ4v) is 1.52. The monoisotopic (exact) mass is 242 g/mol. The number of nitrogens with zero attached hydrogens (tertiary/aromatic N) is 1. The van der Waals surface area contributed by atoms with Crippen LogP contribution in [0.5, 0.6) is 0 Å². The van der Waals surface area contributed by atoms with Crippen LogP contribution in [0.3, 0.4) is 0 Å². The smallest absolute Gasteiger partial charge is 0.126 e. The van der Waals surface area contributed by atoms with Gasteiger partial charge in [0, 0.05) is 11.6 Å². The van der Waals surface area contributed by atoms with E-state index >= 15 is 0 Å². The van der Waals surface area contributed by atoms with Crippen LogP contribution in [0, 0.1) is 11.6 Å². The highest BCUT2D eigenvalue weighted by Crippen LogP contribution is 2.19. The van der Waals surface area contributed by atoms with Gasteiger partial charge in [-0.1, -0.05) is 0 Å². The fourth-order valence-electron chi connectivity index (χ4n) is 1.52. The zero-order valence-corrected chi connectivity index (χ0v) is 10.8. The van der Waals surface area contributed by atoms with E-state index in [1.165, 1.54) is 6.07 Å². The topological polar surface area (TPSA) is 29.3 Å². The van der Waals surface area contributed by atoms with E-state index in [1.807, 2.05) is 32.8 Å². The Morgan fingerprint density at radius 1 is 1.29 bits per heavy atom. The molecule has 0 saturated carbocycles. The zero-order valence-electron chi connectivity index (χ0n) is 10.8. The first-order valence-corrected chi connectivity index (χ1v) is 5.62. The van der Waals surface area contributed by atoms with Crippen LogP contribution in [0.2, 0.25) is 0 Å². The minimum Gasteiger partial charge on any atom is -0.326 e. The van der Waals surface area contributed by atoms with E-state index in [2.05, 4.69) is 0 Å². The number of benzene rings is 1. The van der Waals surface area contributed by atoms with Crippen molar-refractivity contribution in [1.82, 2.24) is 4.90 Å². The Balaban J connectivity index is 2.88. The number of hydrogen-bond acceptors (Lipinski definition) is 2. The number of hydrogen-bond donors (Lipinski definition) is 1. The van der Waals surface area contributed by atoms with Crippen molar-refractivity contribution in [3.05, 3.63) is 35.4 Å². The van der Waals surface area contributed by atoms with Crippen molar-refractivity contribution in [1.29, 1.82) is 0 Å². The third kappa shape index (κ3) is 3.23. The summed E-state index contributed by atoms with van der Waals surface area (Å²) in [7, 11) is 3.84. The van der Waals surface area contributed by atoms with Crippen molar-refractivity contribution in [3.63, 3.8) is 0 Å². The molecule has 1 unspecified atom stereocenters. The van der Waals surface area contributed by atoms with E-state index in [1.54, 1.807) is 0 Å². The Morgan fingerprint density at radius 2 is 1.88 bits per heavy atom. The molecule has 0 spiro atoms. The van der Waals surface area contributed by atoms with E-state index in [4.69, 9.17) is 5.73 Å². The van der Waals surface area contributed by atoms with Gasteiger partial charge in [-0.25, -0.2) is 8.78 Å². The summed E-state index contributed by atoms with van der Waals surface area (Å²) in [5.74, 6) is -0.840. The first kappa shape index (κ1) is 14.1. The molecule has 0 fully saturated rings. The normalized spacial score (nSPS) is 14.1. The van der Waals surface area contributed by atoms with Crippen LogP contribution in [0.25, 0.3) is 0 Å². The molecule has 0 amide bonds. The first-order valence-electron chi connectivity index (χ1n) is 5.62. The predicted octanol–water partition coefficient (Wildman–Crippen LogP) is 2.17. The molecule has 4 heteroatoms. The van der Waals surface area contributed by atoms with Crippen molar-refractivity contribution in [2.24, 2.45) is 5.73 Å². The van der Waals surface area contributed by atoms with Gasteiger partial charge in [0.25, 0.3) is 0 Å². The van der Waals surface area contributed by atoms with E-state index < -0.39 is 11.6 Å². The van der Waals surface area contributed by atoms with E-state index in [-0.39, 0.29) is 11.6 Å². The van der Waals surface area contributed by atoms with Crippen molar-refractivity contribution in [2.75, 3.05) is 14.1 Å². The fraction of sp³-hybridized carbons (Fsp3) is 0.538. The van der Waals surface area contributed by atoms with Crippen LogP contribution in [0.1, 0.15) is 19.4 Å². The number of rotatable bonds is 4. The maximum atomic E-state index is 13.5. The molecule has 96 valence electrons. The van der Waals surface area contributed by atoms with Gasteiger partial charge in [-0.2, -0.15) is 0 Å². The van der Waals surface area contributed by atoms with Crippen LogP contribution in [-0.2, 0) is 6.42 Å². The lowest BCUT2D eigenvalue weighted by molar-refractivity contribution is 0.157. The Kier molecular flexibility index (Phi) is 4.22. The Labute approximate surface area is 101 Å². The molecule has 0 aliphatic rings. The molecule has 0 heterocycles. The second-order valence-electron chi connectivity index (χ2n) is 5.09. The van der Waals surface area contributed by atoms with Crippen molar-refractivity contribution in [2.45, 2.75) is 31.8 Å². The maximum absolute atomic E-state index is 13.5. The molecule has 0 aromatic heterocycles. The number of halogens is 2. The van der Waals surface area contributed by atoms with Crippen LogP contribution in [-0.4, -0.2) is 30.6 Å². The molecule has 0 radical (unpaired) electrons. The third-order valence-electron chi connectivity index (χ3n) is 3.51. The molecule has 1 aromatic rings. The van der Waals surface area contributed by atoms with Gasteiger partial charge in [-0.3, -0.25) is 0 Å². The molecule has 2 nitrogen and oxygen atoms in total. The van der Waals surface area contributed by atoms with E-state index in [0.29, 0.717) is 12.0 Å². The Morgan fingerprint density at radius 3 is 2.41 bits per heavy atom. The molecule has 0 bridgehead atoms. The van der Waals surface area contributed by atoms with Crippen molar-refractivity contribution in [3.8, 4) is 0 Å². The van der Waals surface area contributed by atoms with Gasteiger partial charge in [0.1, 0.15) is 11.6 Å². The largest absolute Gasteiger partial charge is 0.326 e. The Hall–Kier alpha value is -1.00. The van der Waals surface area contributed by atoms with Gasteiger partial charge in [0.2, 0.25) is 0 Å². The van der Waals surface area contributed by atoms with Gasteiger partial charge in [0.05, 0.1) is 0 Å². The summed E-state index contributed by atoms with van der Waals surface area (Å²) in [6.07, 6.45) is 0.314. The van der Waals surface area contributed by atoms with Gasteiger partial charge in [0.15, 0.2) is 0 Å². The molecular weight excluding hydrogens is 222 g/mol. The SMILES string of the molecule is CN(C)C(C)(C)C(N)Cc1cc(F)ccc1F. The van der Waals surface area contributed by atoms with Crippen LogP contribution in [0.15, 0.2) is 18.2 Å². The standard InChI is InChI=1S/C13H20F2N2/c1-13(2,17(3)4)12(16)8-9-7-10(14)5-6-11(9)15/h5-7,12H,8,16H2,1-4H3. The van der Waals surface area contributed by atoms with Gasteiger partial charge in [-0.05, 0) is 58.1 Å². The molecule has 1 atom stereocenters. The summed E-state index contributed by atoms with van der Waals surface area (Å²) >= 11 is 0. The van der Waals surface area contributed by atoms with Gasteiger partial charge >= 0.3 is 0 Å². The zero-order chi connectivity index (χ0) is 13.2. The van der Waals surface area contributed by atoms with E-state index in [0.717, 1.165) is 12.1 Å². The van der Waals surface area contributed by atoms with Crippen LogP contribution < -0.4 is 5.73 Å². The van der Waals surface area contributed by atoms with Gasteiger partial charge < -0.3 is 10.6 Å². The van der Waals surface area contributed by atoms with Crippen molar-refractivity contribution >= 4 is 0 Å². The van der Waals surface area contributed by atoms with Crippen LogP contribution >= 0.6 is 0 Å². The molecule has 0 aliphatic heterocycles. The number of likely N-dealkylation sites (N-methyl/N-ethyl adjacent to an activating group) is 1. The lowest BCUT2D eigenvalue weighted by Gasteiger charge is -2.38. The quantitative estimate of drug-likeness (QED) is 0.876. The summed E-state index contributed by atoms with van der Waals surface area (Å²) < 4.78 is 26.5. The maximum Gasteiger partial charge on any atom is 0.126 e. The summed E-state index contributed by atoms with van der Waals surface area (Å²) in [6, 6.07) is 3.19. The minimum atomic E-state index is -0.434. The van der Waals surface area contributed by atoms with Gasteiger partial charge in [-0.15, -0.1) is 0 Å². The van der Waals surface area contributed by atoms with Crippen LogP contribution in [0.4, 0.5) is 8.78 Å². The predicted molar refractivity (Wildman–Crippen MR) is 65.8 cm³/mol. The molecule has 1 aromatic carbocycles. The minimum absolute atomic E-state index is 0.270. The molecule has 1 rings (SSSR count). The molecule has 0 saturated heterocycles. The average Bonchev–Trinajstić information content (AvgIpc) is 2.23. The molecular formula is C13H20F2N2. The Bertz CT molecular complexity index is 389. The summed E-state index contributed by atoms with van der Waals surface area (Å²) in [4.78, 5) is 1.98. The average molecular weight is 242 g/mol. The number of nitrogens with two attached hydrogens (primary N) is 1. The second kappa shape index (κ2) is 5.10. The summed E-state index contributed by atoms with van der Waals surface area (Å²) in [6.45, 7) is 3.96. The second-order valence-corrected chi connectivity index (χ2v) is 5.09. The third-order valence-corrected chi connectivity index (χ3v) is 3.51. The summed E-state index contributed by atoms with van der Waals surface area (Å²) in [5, 5.41) is 0.